The average Bonchev–Trinajstić information content (AvgIpc) is 2.74. The highest BCUT2D eigenvalue weighted by molar-refractivity contribution is 7.92. The Kier molecular flexibility index (Phi) is 6.04. The largest absolute Gasteiger partial charge is 0.423 e. The van der Waals surface area contributed by atoms with Crippen molar-refractivity contribution >= 4 is 39.0 Å². The molecule has 0 atom stereocenters. The second kappa shape index (κ2) is 8.52. The summed E-state index contributed by atoms with van der Waals surface area (Å²) < 4.78 is 31.7. The highest BCUT2D eigenvalue weighted by Gasteiger charge is 2.23. The number of ether oxygens (including phenoxy) is 1. The lowest BCUT2D eigenvalue weighted by atomic mass is 10.2. The van der Waals surface area contributed by atoms with Crippen LogP contribution in [0.2, 0.25) is 5.02 Å². The second-order valence-corrected chi connectivity index (χ2v) is 8.49. The van der Waals surface area contributed by atoms with Gasteiger partial charge in [0.15, 0.2) is 0 Å². The van der Waals surface area contributed by atoms with Crippen LogP contribution in [-0.4, -0.2) is 26.4 Å². The first-order valence-corrected chi connectivity index (χ1v) is 10.3. The Morgan fingerprint density at radius 1 is 1.00 bits per heavy atom. The predicted molar refractivity (Wildman–Crippen MR) is 112 cm³/mol. The van der Waals surface area contributed by atoms with Crippen LogP contribution in [0.3, 0.4) is 0 Å². The minimum atomic E-state index is -3.81. The van der Waals surface area contributed by atoms with E-state index in [-0.39, 0.29) is 21.9 Å². The fourth-order valence-corrected chi connectivity index (χ4v) is 3.92. The molecule has 0 spiro atoms. The van der Waals surface area contributed by atoms with E-state index in [0.717, 1.165) is 4.31 Å². The zero-order valence-corrected chi connectivity index (χ0v) is 17.1. The van der Waals surface area contributed by atoms with E-state index in [1.165, 1.54) is 79.8 Å². The normalized spacial score (nSPS) is 11.0. The molecule has 0 saturated heterocycles. The summed E-state index contributed by atoms with van der Waals surface area (Å²) in [6.45, 7) is 0. The van der Waals surface area contributed by atoms with E-state index < -0.39 is 20.9 Å². The van der Waals surface area contributed by atoms with Gasteiger partial charge >= 0.3 is 5.97 Å². The Hall–Kier alpha value is -3.43. The molecule has 10 heteroatoms. The molecule has 3 rings (SSSR count). The number of para-hydroxylation sites is 1. The van der Waals surface area contributed by atoms with Gasteiger partial charge in [-0.15, -0.1) is 0 Å². The number of nitrogens with zero attached hydrogens (tertiary/aromatic N) is 2. The van der Waals surface area contributed by atoms with Gasteiger partial charge in [0, 0.05) is 18.1 Å². The number of hydrogen-bond acceptors (Lipinski definition) is 6. The summed E-state index contributed by atoms with van der Waals surface area (Å²) in [5, 5.41) is 11.5. The van der Waals surface area contributed by atoms with E-state index in [1.54, 1.807) is 0 Å². The molecule has 3 aromatic carbocycles. The van der Waals surface area contributed by atoms with Crippen molar-refractivity contribution in [1.29, 1.82) is 0 Å². The van der Waals surface area contributed by atoms with E-state index >= 15 is 0 Å². The van der Waals surface area contributed by atoms with Crippen molar-refractivity contribution in [2.24, 2.45) is 0 Å². The van der Waals surface area contributed by atoms with Crippen molar-refractivity contribution < 1.29 is 22.9 Å². The summed E-state index contributed by atoms with van der Waals surface area (Å²) >= 11 is 5.80. The van der Waals surface area contributed by atoms with Crippen LogP contribution < -0.4 is 9.04 Å². The molecule has 0 aliphatic rings. The molecule has 0 bridgehead atoms. The van der Waals surface area contributed by atoms with Crippen LogP contribution in [0.25, 0.3) is 0 Å². The Morgan fingerprint density at radius 2 is 1.60 bits per heavy atom. The van der Waals surface area contributed by atoms with Gasteiger partial charge in [-0.3, -0.25) is 14.4 Å². The van der Waals surface area contributed by atoms with Gasteiger partial charge in [0.2, 0.25) is 0 Å². The highest BCUT2D eigenvalue weighted by Crippen LogP contribution is 2.26. The van der Waals surface area contributed by atoms with Crippen LogP contribution in [0.1, 0.15) is 10.4 Å². The number of carbonyl (C=O) groups is 1. The van der Waals surface area contributed by atoms with Crippen LogP contribution in [0.15, 0.2) is 77.7 Å². The average molecular weight is 447 g/mol. The molecule has 30 heavy (non-hydrogen) atoms. The molecule has 0 N–H and O–H groups in total. The van der Waals surface area contributed by atoms with Crippen molar-refractivity contribution in [3.05, 3.63) is 93.5 Å². The number of hydrogen-bond donors (Lipinski definition) is 0. The highest BCUT2D eigenvalue weighted by atomic mass is 35.5. The van der Waals surface area contributed by atoms with Crippen LogP contribution >= 0.6 is 11.6 Å². The van der Waals surface area contributed by atoms with E-state index in [4.69, 9.17) is 16.3 Å². The molecular formula is C20H15ClN2O6S. The molecule has 0 radical (unpaired) electrons. The summed E-state index contributed by atoms with van der Waals surface area (Å²) in [5.41, 5.74) is -0.225. The third kappa shape index (κ3) is 4.42. The maximum Gasteiger partial charge on any atom is 0.350 e. The molecule has 0 saturated carbocycles. The molecule has 8 nitrogen and oxygen atoms in total. The summed E-state index contributed by atoms with van der Waals surface area (Å²) in [6.07, 6.45) is 0. The van der Waals surface area contributed by atoms with Crippen molar-refractivity contribution in [2.45, 2.75) is 4.90 Å². The van der Waals surface area contributed by atoms with E-state index in [2.05, 4.69) is 0 Å². The summed E-state index contributed by atoms with van der Waals surface area (Å²) in [4.78, 5) is 22.7. The van der Waals surface area contributed by atoms with Gasteiger partial charge in [0.25, 0.3) is 15.7 Å². The van der Waals surface area contributed by atoms with E-state index in [0.29, 0.717) is 10.7 Å². The van der Waals surface area contributed by atoms with Crippen molar-refractivity contribution in [1.82, 2.24) is 0 Å². The lowest BCUT2D eigenvalue weighted by molar-refractivity contribution is -0.385. The zero-order valence-electron chi connectivity index (χ0n) is 15.6. The molecule has 0 amide bonds. The van der Waals surface area contributed by atoms with Gasteiger partial charge in [0.1, 0.15) is 11.3 Å². The number of esters is 1. The smallest absolute Gasteiger partial charge is 0.350 e. The van der Waals surface area contributed by atoms with Gasteiger partial charge in [-0.2, -0.15) is 0 Å². The lowest BCUT2D eigenvalue weighted by Gasteiger charge is -2.19. The molecular weight excluding hydrogens is 432 g/mol. The summed E-state index contributed by atoms with van der Waals surface area (Å²) in [7, 11) is -2.42. The Labute approximate surface area is 177 Å². The number of halogens is 1. The predicted octanol–water partition coefficient (Wildman–Crippen LogP) is 4.29. The van der Waals surface area contributed by atoms with Gasteiger partial charge in [-0.1, -0.05) is 23.7 Å². The molecule has 0 aliphatic heterocycles. The first kappa shape index (κ1) is 21.3. The maximum atomic E-state index is 12.7. The lowest BCUT2D eigenvalue weighted by Crippen LogP contribution is -2.26. The first-order chi connectivity index (χ1) is 14.2. The van der Waals surface area contributed by atoms with Crippen molar-refractivity contribution in [3.63, 3.8) is 0 Å². The van der Waals surface area contributed by atoms with Crippen molar-refractivity contribution in [3.8, 4) is 5.75 Å². The Bertz CT molecular complexity index is 1190. The number of nitro benzene ring substituents is 1. The molecule has 0 aromatic heterocycles. The number of nitro groups is 1. The molecule has 0 unspecified atom stereocenters. The van der Waals surface area contributed by atoms with Crippen LogP contribution in [0, 0.1) is 10.1 Å². The quantitative estimate of drug-likeness (QED) is 0.242. The Balaban J connectivity index is 1.79. The minimum absolute atomic E-state index is 0.0706. The monoisotopic (exact) mass is 446 g/mol. The molecule has 0 heterocycles. The topological polar surface area (TPSA) is 107 Å². The van der Waals surface area contributed by atoms with Crippen LogP contribution in [0.4, 0.5) is 11.4 Å². The third-order valence-electron chi connectivity index (χ3n) is 4.20. The number of rotatable bonds is 6. The molecule has 0 fully saturated rings. The number of sulfonamides is 1. The third-order valence-corrected chi connectivity index (χ3v) is 6.26. The van der Waals surface area contributed by atoms with Gasteiger partial charge < -0.3 is 4.74 Å². The fourth-order valence-electron chi connectivity index (χ4n) is 2.60. The zero-order chi connectivity index (χ0) is 21.9. The summed E-state index contributed by atoms with van der Waals surface area (Å²) in [5.74, 6) is -0.781. The van der Waals surface area contributed by atoms with E-state index in [9.17, 15) is 23.3 Å². The molecule has 3 aromatic rings. The maximum absolute atomic E-state index is 12.7. The van der Waals surface area contributed by atoms with Crippen molar-refractivity contribution in [2.75, 3.05) is 11.4 Å². The SMILES string of the molecule is CN(c1ccc(OC(=O)c2ccccc2[N+](=O)[O-])cc1)S(=O)(=O)c1ccc(Cl)cc1. The molecule has 154 valence electrons. The second-order valence-electron chi connectivity index (χ2n) is 6.08. The standard InChI is InChI=1S/C20H15ClN2O6S/c1-22(30(27,28)17-12-6-14(21)7-13-17)15-8-10-16(11-9-15)29-20(24)18-4-2-3-5-19(18)23(25)26/h2-13H,1H3. The Morgan fingerprint density at radius 3 is 2.20 bits per heavy atom. The molecule has 0 aliphatic carbocycles. The summed E-state index contributed by atoms with van der Waals surface area (Å²) in [6, 6.07) is 16.9. The number of anilines is 1. The minimum Gasteiger partial charge on any atom is -0.423 e. The van der Waals surface area contributed by atoms with Gasteiger partial charge in [-0.05, 0) is 54.6 Å². The number of carbonyl (C=O) groups excluding carboxylic acids is 1. The van der Waals surface area contributed by atoms with E-state index in [1.807, 2.05) is 0 Å². The van der Waals surface area contributed by atoms with Crippen LogP contribution in [-0.2, 0) is 10.0 Å². The van der Waals surface area contributed by atoms with Crippen LogP contribution in [0.5, 0.6) is 5.75 Å². The van der Waals surface area contributed by atoms with Gasteiger partial charge in [-0.25, -0.2) is 13.2 Å². The van der Waals surface area contributed by atoms with Gasteiger partial charge in [0.05, 0.1) is 15.5 Å². The number of benzene rings is 3. The first-order valence-electron chi connectivity index (χ1n) is 8.50. The fraction of sp³-hybridized carbons (Fsp3) is 0.0500.